The monoisotopic (exact) mass is 403 g/mol. The van der Waals surface area contributed by atoms with Gasteiger partial charge in [0, 0.05) is 36.1 Å². The maximum absolute atomic E-state index is 13.1. The fraction of sp³-hybridized carbons (Fsp3) is 0.421. The SMILES string of the molecule is N#CC1=C(c2c[nH]c3ncc(C(F)(F)F)cc23)NC(NCC2CCNCC2)N=C1. The number of aromatic nitrogens is 2. The summed E-state index contributed by atoms with van der Waals surface area (Å²) < 4.78 is 39.3. The Morgan fingerprint density at radius 2 is 2.07 bits per heavy atom. The number of aromatic amines is 1. The molecule has 2 aromatic rings. The summed E-state index contributed by atoms with van der Waals surface area (Å²) in [6.45, 7) is 2.74. The normalized spacial score (nSPS) is 20.7. The first-order valence-corrected chi connectivity index (χ1v) is 9.38. The number of nitriles is 1. The Kier molecular flexibility index (Phi) is 5.25. The second kappa shape index (κ2) is 7.85. The van der Waals surface area contributed by atoms with Gasteiger partial charge in [-0.05, 0) is 37.9 Å². The molecule has 4 N–H and O–H groups in total. The van der Waals surface area contributed by atoms with Crippen LogP contribution in [-0.2, 0) is 6.18 Å². The van der Waals surface area contributed by atoms with Crippen LogP contribution in [0.5, 0.6) is 0 Å². The summed E-state index contributed by atoms with van der Waals surface area (Å²) in [5.74, 6) is 0.532. The molecule has 4 heterocycles. The number of aliphatic imine (C=N–C) groups is 1. The van der Waals surface area contributed by atoms with Crippen LogP contribution in [0.3, 0.4) is 0 Å². The van der Waals surface area contributed by atoms with E-state index in [0.717, 1.165) is 44.7 Å². The van der Waals surface area contributed by atoms with Gasteiger partial charge in [0.2, 0.25) is 0 Å². The van der Waals surface area contributed by atoms with E-state index in [9.17, 15) is 18.4 Å². The van der Waals surface area contributed by atoms with Gasteiger partial charge < -0.3 is 15.6 Å². The Labute approximate surface area is 165 Å². The number of hydrogen-bond donors (Lipinski definition) is 4. The molecule has 2 aliphatic heterocycles. The molecule has 152 valence electrons. The highest BCUT2D eigenvalue weighted by atomic mass is 19.4. The molecule has 2 aliphatic rings. The van der Waals surface area contributed by atoms with Gasteiger partial charge in [0.25, 0.3) is 0 Å². The van der Waals surface area contributed by atoms with Gasteiger partial charge in [0.15, 0.2) is 6.29 Å². The summed E-state index contributed by atoms with van der Waals surface area (Å²) in [5, 5.41) is 19.6. The average molecular weight is 403 g/mol. The lowest BCUT2D eigenvalue weighted by atomic mass is 9.98. The zero-order valence-electron chi connectivity index (χ0n) is 15.5. The van der Waals surface area contributed by atoms with Crippen LogP contribution in [0, 0.1) is 17.2 Å². The lowest BCUT2D eigenvalue weighted by Gasteiger charge is -2.27. The molecule has 0 aliphatic carbocycles. The van der Waals surface area contributed by atoms with Crippen molar-refractivity contribution in [3.8, 4) is 6.07 Å². The number of halogens is 3. The van der Waals surface area contributed by atoms with Crippen molar-refractivity contribution in [3.05, 3.63) is 35.2 Å². The van der Waals surface area contributed by atoms with Gasteiger partial charge in [-0.15, -0.1) is 0 Å². The highest BCUT2D eigenvalue weighted by Crippen LogP contribution is 2.33. The first-order valence-electron chi connectivity index (χ1n) is 9.38. The van der Waals surface area contributed by atoms with Crippen LogP contribution >= 0.6 is 0 Å². The van der Waals surface area contributed by atoms with E-state index in [0.29, 0.717) is 28.2 Å². The van der Waals surface area contributed by atoms with Gasteiger partial charge in [0.1, 0.15) is 11.7 Å². The van der Waals surface area contributed by atoms with Crippen molar-refractivity contribution < 1.29 is 13.2 Å². The van der Waals surface area contributed by atoms with Gasteiger partial charge >= 0.3 is 6.18 Å². The lowest BCUT2D eigenvalue weighted by Crippen LogP contribution is -2.45. The summed E-state index contributed by atoms with van der Waals surface area (Å²) in [5.41, 5.74) is 0.618. The molecule has 0 aromatic carbocycles. The maximum atomic E-state index is 13.1. The molecule has 2 aromatic heterocycles. The van der Waals surface area contributed by atoms with Crippen LogP contribution in [0.15, 0.2) is 29.0 Å². The third-order valence-electron chi connectivity index (χ3n) is 5.21. The molecule has 0 spiro atoms. The highest BCUT2D eigenvalue weighted by molar-refractivity contribution is 6.01. The molecule has 0 saturated carbocycles. The number of nitrogens with one attached hydrogen (secondary N) is 4. The highest BCUT2D eigenvalue weighted by Gasteiger charge is 2.32. The van der Waals surface area contributed by atoms with E-state index in [1.165, 1.54) is 6.21 Å². The number of nitrogens with zero attached hydrogens (tertiary/aromatic N) is 3. The third kappa shape index (κ3) is 4.11. The number of hydrogen-bond acceptors (Lipinski definition) is 6. The molecule has 7 nitrogen and oxygen atoms in total. The van der Waals surface area contributed by atoms with E-state index in [1.54, 1.807) is 6.20 Å². The van der Waals surface area contributed by atoms with E-state index < -0.39 is 18.0 Å². The van der Waals surface area contributed by atoms with E-state index in [2.05, 4.69) is 37.0 Å². The zero-order chi connectivity index (χ0) is 20.4. The van der Waals surface area contributed by atoms with Crippen molar-refractivity contribution in [2.45, 2.75) is 25.3 Å². The fourth-order valence-corrected chi connectivity index (χ4v) is 3.61. The van der Waals surface area contributed by atoms with Gasteiger partial charge in [-0.1, -0.05) is 0 Å². The van der Waals surface area contributed by atoms with E-state index in [4.69, 9.17) is 0 Å². The Bertz CT molecular complexity index is 993. The van der Waals surface area contributed by atoms with Crippen molar-refractivity contribution in [1.29, 1.82) is 5.26 Å². The summed E-state index contributed by atoms with van der Waals surface area (Å²) in [4.78, 5) is 11.1. The molecule has 1 unspecified atom stereocenters. The van der Waals surface area contributed by atoms with Crippen LogP contribution in [0.25, 0.3) is 16.7 Å². The van der Waals surface area contributed by atoms with Crippen molar-refractivity contribution in [2.24, 2.45) is 10.9 Å². The molecule has 1 atom stereocenters. The minimum atomic E-state index is -4.50. The molecule has 4 rings (SSSR count). The van der Waals surface area contributed by atoms with Gasteiger partial charge in [-0.3, -0.25) is 10.3 Å². The summed E-state index contributed by atoms with van der Waals surface area (Å²) >= 11 is 0. The van der Waals surface area contributed by atoms with E-state index >= 15 is 0 Å². The second-order valence-corrected chi connectivity index (χ2v) is 7.15. The van der Waals surface area contributed by atoms with Crippen LogP contribution < -0.4 is 16.0 Å². The maximum Gasteiger partial charge on any atom is 0.417 e. The van der Waals surface area contributed by atoms with Gasteiger partial charge in [0.05, 0.1) is 16.8 Å². The number of alkyl halides is 3. The summed E-state index contributed by atoms with van der Waals surface area (Å²) in [6.07, 6.45) is 0.991. The number of rotatable bonds is 4. The largest absolute Gasteiger partial charge is 0.417 e. The quantitative estimate of drug-likeness (QED) is 0.628. The molecule has 10 heteroatoms. The minimum absolute atomic E-state index is 0.253. The predicted molar refractivity (Wildman–Crippen MR) is 103 cm³/mol. The fourth-order valence-electron chi connectivity index (χ4n) is 3.61. The molecule has 1 saturated heterocycles. The molecule has 0 amide bonds. The van der Waals surface area contributed by atoms with Gasteiger partial charge in [-0.2, -0.15) is 18.4 Å². The Morgan fingerprint density at radius 3 is 2.79 bits per heavy atom. The standard InChI is InChI=1S/C19H20F3N7/c20-19(21,22)13-5-14-15(10-26-17(14)25-9-13)16-12(6-23)8-28-18(29-16)27-7-11-1-3-24-4-2-11/h5,8-11,18,24,27,29H,1-4,7H2,(H,25,26). The average Bonchev–Trinajstić information content (AvgIpc) is 3.15. The third-order valence-corrected chi connectivity index (χ3v) is 5.21. The predicted octanol–water partition coefficient (Wildman–Crippen LogP) is 2.36. The van der Waals surface area contributed by atoms with Crippen molar-refractivity contribution in [3.63, 3.8) is 0 Å². The first-order chi connectivity index (χ1) is 14.0. The molecule has 0 bridgehead atoms. The van der Waals surface area contributed by atoms with Crippen LogP contribution in [0.1, 0.15) is 24.0 Å². The Balaban J connectivity index is 1.59. The number of H-pyrrole nitrogens is 1. The van der Waals surface area contributed by atoms with Crippen molar-refractivity contribution >= 4 is 22.9 Å². The molecular formula is C19H20F3N7. The summed E-state index contributed by atoms with van der Waals surface area (Å²) in [7, 11) is 0. The van der Waals surface area contributed by atoms with Crippen molar-refractivity contribution in [2.75, 3.05) is 19.6 Å². The minimum Gasteiger partial charge on any atom is -0.350 e. The van der Waals surface area contributed by atoms with Gasteiger partial charge in [-0.25, -0.2) is 4.98 Å². The number of pyridine rings is 1. The zero-order valence-corrected chi connectivity index (χ0v) is 15.5. The number of piperidine rings is 1. The molecular weight excluding hydrogens is 383 g/mol. The molecule has 0 radical (unpaired) electrons. The first kappa shape index (κ1) is 19.4. The van der Waals surface area contributed by atoms with Crippen LogP contribution in [0.4, 0.5) is 13.2 Å². The lowest BCUT2D eigenvalue weighted by molar-refractivity contribution is -0.137. The van der Waals surface area contributed by atoms with Crippen LogP contribution in [0.2, 0.25) is 0 Å². The Morgan fingerprint density at radius 1 is 1.28 bits per heavy atom. The molecule has 1 fully saturated rings. The van der Waals surface area contributed by atoms with Crippen molar-refractivity contribution in [1.82, 2.24) is 25.9 Å². The topological polar surface area (TPSA) is 101 Å². The van der Waals surface area contributed by atoms with Crippen LogP contribution in [-0.4, -0.2) is 42.1 Å². The smallest absolute Gasteiger partial charge is 0.350 e. The molecule has 29 heavy (non-hydrogen) atoms. The summed E-state index contributed by atoms with van der Waals surface area (Å²) in [6, 6.07) is 3.10. The van der Waals surface area contributed by atoms with E-state index in [-0.39, 0.29) is 5.57 Å². The van der Waals surface area contributed by atoms with E-state index in [1.807, 2.05) is 0 Å². The number of fused-ring (bicyclic) bond motifs is 1. The Hall–Kier alpha value is -2.90. The second-order valence-electron chi connectivity index (χ2n) is 7.15. The number of allylic oxidation sites excluding steroid dienone is 1.